The van der Waals surface area contributed by atoms with Crippen molar-refractivity contribution in [3.8, 4) is 17.0 Å². The van der Waals surface area contributed by atoms with Crippen LogP contribution in [0.1, 0.15) is 15.9 Å². The maximum atomic E-state index is 12.5. The molecule has 3 aromatic carbocycles. The number of aromatic nitrogens is 2. The van der Waals surface area contributed by atoms with Gasteiger partial charge in [0.1, 0.15) is 5.75 Å². The van der Waals surface area contributed by atoms with Gasteiger partial charge in [-0.1, -0.05) is 24.3 Å². The number of alkyl halides is 3. The summed E-state index contributed by atoms with van der Waals surface area (Å²) in [6.07, 6.45) is -4.78. The molecule has 10 heteroatoms. The Morgan fingerprint density at radius 1 is 0.943 bits per heavy atom. The predicted molar refractivity (Wildman–Crippen MR) is 125 cm³/mol. The molecule has 0 saturated carbocycles. The maximum absolute atomic E-state index is 12.5. The smallest absolute Gasteiger partial charge is 0.406 e. The van der Waals surface area contributed by atoms with E-state index in [1.54, 1.807) is 48.5 Å². The van der Waals surface area contributed by atoms with Crippen LogP contribution in [0.5, 0.6) is 5.75 Å². The van der Waals surface area contributed by atoms with E-state index in [1.807, 2.05) is 0 Å². The quantitative estimate of drug-likeness (QED) is 0.390. The topological polar surface area (TPSA) is 99.2 Å². The second-order valence-corrected chi connectivity index (χ2v) is 7.52. The van der Waals surface area contributed by atoms with Gasteiger partial charge >= 0.3 is 6.36 Å². The van der Waals surface area contributed by atoms with Gasteiger partial charge in [0.05, 0.1) is 23.6 Å². The van der Waals surface area contributed by atoms with Gasteiger partial charge in [0.2, 0.25) is 0 Å². The molecule has 0 aliphatic heterocycles. The molecule has 1 aromatic heterocycles. The molecule has 3 N–H and O–H groups in total. The first-order valence-electron chi connectivity index (χ1n) is 10.4. The number of hydrogen-bond donors (Lipinski definition) is 2. The summed E-state index contributed by atoms with van der Waals surface area (Å²) in [4.78, 5) is 24.8. The molecular formula is C25H19F3N4O3. The highest BCUT2D eigenvalue weighted by Gasteiger charge is 2.31. The molecule has 0 bridgehead atoms. The molecule has 0 fully saturated rings. The molecule has 0 aliphatic carbocycles. The number of halogens is 3. The Kier molecular flexibility index (Phi) is 6.54. The fraction of sp³-hybridized carbons (Fsp3) is 0.0800. The van der Waals surface area contributed by atoms with Crippen molar-refractivity contribution in [2.75, 3.05) is 11.1 Å². The van der Waals surface area contributed by atoms with E-state index in [1.165, 1.54) is 41.1 Å². The molecule has 35 heavy (non-hydrogen) atoms. The predicted octanol–water partition coefficient (Wildman–Crippen LogP) is 4.69. The van der Waals surface area contributed by atoms with Crippen molar-refractivity contribution in [2.45, 2.75) is 12.9 Å². The fourth-order valence-electron chi connectivity index (χ4n) is 3.28. The van der Waals surface area contributed by atoms with Crippen molar-refractivity contribution >= 4 is 17.3 Å². The summed E-state index contributed by atoms with van der Waals surface area (Å²) in [5.74, 6) is -0.682. The molecule has 4 aromatic rings. The van der Waals surface area contributed by atoms with E-state index in [-0.39, 0.29) is 23.8 Å². The van der Waals surface area contributed by atoms with Crippen LogP contribution in [0.2, 0.25) is 0 Å². The Labute approximate surface area is 197 Å². The zero-order valence-electron chi connectivity index (χ0n) is 18.1. The number of nitrogen functional groups attached to an aromatic ring is 1. The molecular weight excluding hydrogens is 461 g/mol. The second kappa shape index (κ2) is 9.72. The third kappa shape index (κ3) is 6.05. The molecule has 1 heterocycles. The van der Waals surface area contributed by atoms with E-state index in [0.29, 0.717) is 28.2 Å². The zero-order valence-corrected chi connectivity index (χ0v) is 18.1. The molecule has 0 saturated heterocycles. The summed E-state index contributed by atoms with van der Waals surface area (Å²) in [6.45, 7) is 0.134. The molecule has 1 amide bonds. The van der Waals surface area contributed by atoms with Gasteiger partial charge in [-0.3, -0.25) is 9.59 Å². The SMILES string of the molecule is Nc1ccccc1NC(=O)c1ccc(Cn2nc(-c3ccc(OC(F)(F)F)cc3)ccc2=O)cc1. The molecule has 0 radical (unpaired) electrons. The average molecular weight is 480 g/mol. The minimum absolute atomic E-state index is 0.134. The summed E-state index contributed by atoms with van der Waals surface area (Å²) in [5.41, 5.74) is 8.50. The Hall–Kier alpha value is -4.60. The number of ether oxygens (including phenoxy) is 1. The highest BCUT2D eigenvalue weighted by molar-refractivity contribution is 6.05. The van der Waals surface area contributed by atoms with Gasteiger partial charge < -0.3 is 15.8 Å². The average Bonchev–Trinajstić information content (AvgIpc) is 2.82. The first kappa shape index (κ1) is 23.6. The van der Waals surface area contributed by atoms with Gasteiger partial charge in [0.15, 0.2) is 0 Å². The Bertz CT molecular complexity index is 1400. The summed E-state index contributed by atoms with van der Waals surface area (Å²) in [5, 5.41) is 7.06. The van der Waals surface area contributed by atoms with Crippen LogP contribution < -0.4 is 21.3 Å². The third-order valence-corrected chi connectivity index (χ3v) is 5.01. The van der Waals surface area contributed by atoms with Crippen molar-refractivity contribution in [3.05, 3.63) is 106 Å². The van der Waals surface area contributed by atoms with E-state index in [0.717, 1.165) is 5.56 Å². The third-order valence-electron chi connectivity index (χ3n) is 5.01. The molecule has 178 valence electrons. The Balaban J connectivity index is 1.47. The van der Waals surface area contributed by atoms with E-state index >= 15 is 0 Å². The lowest BCUT2D eigenvalue weighted by Crippen LogP contribution is -2.23. The maximum Gasteiger partial charge on any atom is 0.573 e. The highest BCUT2D eigenvalue weighted by atomic mass is 19.4. The van der Waals surface area contributed by atoms with Crippen LogP contribution in [-0.4, -0.2) is 22.1 Å². The first-order chi connectivity index (χ1) is 16.7. The number of rotatable bonds is 6. The number of hydrogen-bond acceptors (Lipinski definition) is 5. The van der Waals surface area contributed by atoms with Crippen LogP contribution in [-0.2, 0) is 6.54 Å². The molecule has 0 aliphatic rings. The van der Waals surface area contributed by atoms with Crippen molar-refractivity contribution in [2.24, 2.45) is 0 Å². The fourth-order valence-corrected chi connectivity index (χ4v) is 3.28. The summed E-state index contributed by atoms with van der Waals surface area (Å²) in [6, 6.07) is 21.6. The van der Waals surface area contributed by atoms with Gasteiger partial charge in [-0.15, -0.1) is 13.2 Å². The summed E-state index contributed by atoms with van der Waals surface area (Å²) < 4.78 is 42.2. The van der Waals surface area contributed by atoms with E-state index < -0.39 is 6.36 Å². The number of nitrogens with zero attached hydrogens (tertiary/aromatic N) is 2. The summed E-state index contributed by atoms with van der Waals surface area (Å²) >= 11 is 0. The van der Waals surface area contributed by atoms with Crippen molar-refractivity contribution in [3.63, 3.8) is 0 Å². The molecule has 0 unspecified atom stereocenters. The lowest BCUT2D eigenvalue weighted by molar-refractivity contribution is -0.274. The van der Waals surface area contributed by atoms with Crippen LogP contribution in [0.15, 0.2) is 89.7 Å². The standard InChI is InChI=1S/C25H19F3N4O3/c26-25(27,28)35-19-11-9-17(10-12-19)21-13-14-23(33)32(31-21)15-16-5-7-18(8-6-16)24(34)30-22-4-2-1-3-20(22)29/h1-14H,15,29H2,(H,30,34). The molecule has 0 spiro atoms. The van der Waals surface area contributed by atoms with Crippen LogP contribution >= 0.6 is 0 Å². The van der Waals surface area contributed by atoms with Crippen LogP contribution in [0, 0.1) is 0 Å². The molecule has 0 atom stereocenters. The number of anilines is 2. The van der Waals surface area contributed by atoms with Gasteiger partial charge in [-0.2, -0.15) is 5.10 Å². The number of benzene rings is 3. The summed E-state index contributed by atoms with van der Waals surface area (Å²) in [7, 11) is 0. The molecule has 4 rings (SSSR count). The van der Waals surface area contributed by atoms with E-state index in [2.05, 4.69) is 15.2 Å². The van der Waals surface area contributed by atoms with Gasteiger partial charge in [-0.25, -0.2) is 4.68 Å². The normalized spacial score (nSPS) is 11.2. The number of para-hydroxylation sites is 2. The van der Waals surface area contributed by atoms with Crippen molar-refractivity contribution in [1.29, 1.82) is 0 Å². The van der Waals surface area contributed by atoms with Gasteiger partial charge in [-0.05, 0) is 60.2 Å². The molecule has 7 nitrogen and oxygen atoms in total. The van der Waals surface area contributed by atoms with Crippen LogP contribution in [0.25, 0.3) is 11.3 Å². The number of carbonyl (C=O) groups excluding carboxylic acids is 1. The second-order valence-electron chi connectivity index (χ2n) is 7.52. The number of nitrogens with one attached hydrogen (secondary N) is 1. The van der Waals surface area contributed by atoms with E-state index in [4.69, 9.17) is 5.73 Å². The van der Waals surface area contributed by atoms with Gasteiger partial charge in [0, 0.05) is 17.2 Å². The van der Waals surface area contributed by atoms with Crippen LogP contribution in [0.4, 0.5) is 24.5 Å². The first-order valence-corrected chi connectivity index (χ1v) is 10.4. The van der Waals surface area contributed by atoms with Crippen LogP contribution in [0.3, 0.4) is 0 Å². The van der Waals surface area contributed by atoms with Crippen molar-refractivity contribution in [1.82, 2.24) is 9.78 Å². The number of nitrogens with two attached hydrogens (primary N) is 1. The highest BCUT2D eigenvalue weighted by Crippen LogP contribution is 2.25. The zero-order chi connectivity index (χ0) is 25.0. The van der Waals surface area contributed by atoms with Crippen molar-refractivity contribution < 1.29 is 22.7 Å². The Morgan fingerprint density at radius 3 is 2.29 bits per heavy atom. The minimum atomic E-state index is -4.78. The number of amides is 1. The monoisotopic (exact) mass is 480 g/mol. The largest absolute Gasteiger partial charge is 0.573 e. The lowest BCUT2D eigenvalue weighted by atomic mass is 10.1. The van der Waals surface area contributed by atoms with Gasteiger partial charge in [0.25, 0.3) is 11.5 Å². The van der Waals surface area contributed by atoms with E-state index in [9.17, 15) is 22.8 Å². The minimum Gasteiger partial charge on any atom is -0.406 e. The Morgan fingerprint density at radius 2 is 1.63 bits per heavy atom. The number of carbonyl (C=O) groups is 1. The lowest BCUT2D eigenvalue weighted by Gasteiger charge is -2.11.